The van der Waals surface area contributed by atoms with Crippen LogP contribution in [0.5, 0.6) is 11.8 Å². The highest BCUT2D eigenvalue weighted by Crippen LogP contribution is 2.35. The largest absolute Gasteiger partial charge is 0.424 e. The van der Waals surface area contributed by atoms with Crippen molar-refractivity contribution in [2.45, 2.75) is 20.3 Å². The van der Waals surface area contributed by atoms with E-state index in [-0.39, 0.29) is 0 Å². The topological polar surface area (TPSA) is 66.4 Å². The lowest BCUT2D eigenvalue weighted by Gasteiger charge is -2.33. The van der Waals surface area contributed by atoms with E-state index >= 15 is 0 Å². The Hall–Kier alpha value is -2.68. The fourth-order valence-corrected chi connectivity index (χ4v) is 4.89. The number of halogens is 1. The highest BCUT2D eigenvalue weighted by atomic mass is 35.5. The molecule has 0 radical (unpaired) electrons. The van der Waals surface area contributed by atoms with Gasteiger partial charge in [0.15, 0.2) is 5.13 Å². The van der Waals surface area contributed by atoms with E-state index in [4.69, 9.17) is 21.3 Å². The molecule has 166 valence electrons. The van der Waals surface area contributed by atoms with Crippen molar-refractivity contribution in [1.82, 2.24) is 19.9 Å². The Kier molecular flexibility index (Phi) is 5.75. The average Bonchev–Trinajstić information content (AvgIpc) is 3.35. The molecule has 1 saturated heterocycles. The van der Waals surface area contributed by atoms with Crippen LogP contribution in [0.4, 0.5) is 16.8 Å². The first-order chi connectivity index (χ1) is 15.4. The van der Waals surface area contributed by atoms with Gasteiger partial charge in [-0.2, -0.15) is 9.97 Å². The Balaban J connectivity index is 1.47. The Morgan fingerprint density at radius 2 is 1.94 bits per heavy atom. The average molecular weight is 469 g/mol. The van der Waals surface area contributed by atoms with Crippen molar-refractivity contribution in [2.24, 2.45) is 0 Å². The maximum Gasteiger partial charge on any atom is 0.325 e. The monoisotopic (exact) mass is 468 g/mol. The summed E-state index contributed by atoms with van der Waals surface area (Å²) in [7, 11) is 2.14. The van der Waals surface area contributed by atoms with Crippen molar-refractivity contribution in [3.63, 3.8) is 0 Å². The van der Waals surface area contributed by atoms with Crippen LogP contribution in [0.25, 0.3) is 6.08 Å². The minimum absolute atomic E-state index is 0.313. The highest BCUT2D eigenvalue weighted by Gasteiger charge is 2.20. The fraction of sp³-hybridized carbons (Fsp3) is 0.348. The van der Waals surface area contributed by atoms with E-state index in [0.717, 1.165) is 49.7 Å². The number of thiazole rings is 1. The predicted octanol–water partition coefficient (Wildman–Crippen LogP) is 5.14. The van der Waals surface area contributed by atoms with Crippen LogP contribution in [0.15, 0.2) is 30.0 Å². The van der Waals surface area contributed by atoms with Crippen molar-refractivity contribution >= 4 is 45.8 Å². The van der Waals surface area contributed by atoms with E-state index in [9.17, 15) is 0 Å². The lowest BCUT2D eigenvalue weighted by atomic mass is 10.0. The molecule has 1 aliphatic heterocycles. The van der Waals surface area contributed by atoms with Gasteiger partial charge in [-0.1, -0.05) is 40.7 Å². The molecule has 0 amide bonds. The molecular formula is C23H25ClN6OS. The van der Waals surface area contributed by atoms with Crippen LogP contribution in [-0.4, -0.2) is 53.1 Å². The van der Waals surface area contributed by atoms with Crippen molar-refractivity contribution < 1.29 is 4.74 Å². The number of allylic oxidation sites excluding steroid dienone is 1. The van der Waals surface area contributed by atoms with Crippen LogP contribution in [0.2, 0.25) is 4.34 Å². The van der Waals surface area contributed by atoms with Gasteiger partial charge in [0.1, 0.15) is 21.7 Å². The number of hydrogen-bond acceptors (Lipinski definition) is 8. The predicted molar refractivity (Wildman–Crippen MR) is 131 cm³/mol. The highest BCUT2D eigenvalue weighted by molar-refractivity contribution is 7.19. The molecule has 2 aromatic heterocycles. The first-order valence-electron chi connectivity index (χ1n) is 10.6. The summed E-state index contributed by atoms with van der Waals surface area (Å²) in [5.41, 5.74) is 5.05. The maximum absolute atomic E-state index is 6.23. The number of likely N-dealkylation sites (N-methyl/N-ethyl adjacent to an activating group) is 1. The lowest BCUT2D eigenvalue weighted by Crippen LogP contribution is -2.44. The summed E-state index contributed by atoms with van der Waals surface area (Å²) >= 11 is 7.41. The van der Waals surface area contributed by atoms with Crippen molar-refractivity contribution in [3.8, 4) is 11.8 Å². The first kappa shape index (κ1) is 21.2. The summed E-state index contributed by atoms with van der Waals surface area (Å²) < 4.78 is 6.85. The van der Waals surface area contributed by atoms with Crippen molar-refractivity contribution in [1.29, 1.82) is 0 Å². The smallest absolute Gasteiger partial charge is 0.325 e. The zero-order valence-corrected chi connectivity index (χ0v) is 19.9. The van der Waals surface area contributed by atoms with Gasteiger partial charge in [0.05, 0.1) is 6.20 Å². The third-order valence-electron chi connectivity index (χ3n) is 5.85. The molecule has 0 saturated carbocycles. The van der Waals surface area contributed by atoms with E-state index in [1.54, 1.807) is 6.20 Å². The molecule has 32 heavy (non-hydrogen) atoms. The summed E-state index contributed by atoms with van der Waals surface area (Å²) in [5.74, 6) is 2.24. The van der Waals surface area contributed by atoms with Gasteiger partial charge >= 0.3 is 6.01 Å². The third kappa shape index (κ3) is 4.44. The normalized spacial score (nSPS) is 16.1. The summed E-state index contributed by atoms with van der Waals surface area (Å²) in [6.45, 7) is 8.02. The molecule has 0 bridgehead atoms. The standard InChI is InChI=1S/C23H25ClN6OS/c1-14-10-16-4-5-18(15(2)17(16)11-14)31-22-26-20(27-23-25-13-19(24)32-23)12-21(28-22)30-8-6-29(3)7-9-30/h4-5,11-13H,6-10H2,1-3H3,(H,25,26,27,28). The molecule has 0 unspecified atom stereocenters. The van der Waals surface area contributed by atoms with Gasteiger partial charge in [-0.15, -0.1) is 0 Å². The molecule has 1 aromatic carbocycles. The molecule has 0 spiro atoms. The number of fused-ring (bicyclic) bond motifs is 1. The van der Waals surface area contributed by atoms with Gasteiger partial charge in [0.25, 0.3) is 0 Å². The number of hydrogen-bond donors (Lipinski definition) is 1. The second-order valence-electron chi connectivity index (χ2n) is 8.31. The van der Waals surface area contributed by atoms with Crippen molar-refractivity contribution in [3.05, 3.63) is 51.0 Å². The van der Waals surface area contributed by atoms with Gasteiger partial charge in [-0.05, 0) is 50.1 Å². The fourth-order valence-electron chi connectivity index (χ4n) is 4.07. The van der Waals surface area contributed by atoms with E-state index in [1.807, 2.05) is 12.1 Å². The minimum atomic E-state index is 0.313. The lowest BCUT2D eigenvalue weighted by molar-refractivity contribution is 0.311. The van der Waals surface area contributed by atoms with Crippen LogP contribution in [0.3, 0.4) is 0 Å². The zero-order valence-electron chi connectivity index (χ0n) is 18.4. The van der Waals surface area contributed by atoms with E-state index in [1.165, 1.54) is 28.0 Å². The number of ether oxygens (including phenoxy) is 1. The minimum Gasteiger partial charge on any atom is -0.424 e. The van der Waals surface area contributed by atoms with Crippen LogP contribution in [0.1, 0.15) is 23.6 Å². The van der Waals surface area contributed by atoms with Crippen molar-refractivity contribution in [2.75, 3.05) is 43.4 Å². The molecule has 3 heterocycles. The molecule has 2 aliphatic rings. The molecule has 1 aliphatic carbocycles. The molecule has 3 aromatic rings. The quantitative estimate of drug-likeness (QED) is 0.555. The van der Waals surface area contributed by atoms with E-state index in [2.05, 4.69) is 58.1 Å². The van der Waals surface area contributed by atoms with E-state index in [0.29, 0.717) is 21.3 Å². The van der Waals surface area contributed by atoms with Gasteiger partial charge in [-0.25, -0.2) is 4.98 Å². The molecule has 1 fully saturated rings. The Morgan fingerprint density at radius 1 is 1.12 bits per heavy atom. The SMILES string of the molecule is CC1=Cc2c(ccc(Oc3nc(Nc4ncc(Cl)s4)cc(N4CCN(C)CC4)n3)c2C)C1. The molecule has 7 nitrogen and oxygen atoms in total. The number of aromatic nitrogens is 3. The van der Waals surface area contributed by atoms with Crippen LogP contribution < -0.4 is 15.0 Å². The molecule has 5 rings (SSSR count). The second kappa shape index (κ2) is 8.69. The van der Waals surface area contributed by atoms with Gasteiger partial charge in [0.2, 0.25) is 0 Å². The molecule has 1 N–H and O–H groups in total. The Morgan fingerprint density at radius 3 is 2.69 bits per heavy atom. The molecule has 9 heteroatoms. The Bertz CT molecular complexity index is 1190. The summed E-state index contributed by atoms with van der Waals surface area (Å²) in [6.07, 6.45) is 4.85. The van der Waals surface area contributed by atoms with E-state index < -0.39 is 0 Å². The second-order valence-corrected chi connectivity index (χ2v) is 9.97. The van der Waals surface area contributed by atoms with Crippen LogP contribution >= 0.6 is 22.9 Å². The zero-order chi connectivity index (χ0) is 22.2. The third-order valence-corrected chi connectivity index (χ3v) is 6.88. The number of rotatable bonds is 5. The number of nitrogens with one attached hydrogen (secondary N) is 1. The van der Waals surface area contributed by atoms with Gasteiger partial charge < -0.3 is 19.9 Å². The summed E-state index contributed by atoms with van der Waals surface area (Å²) in [5, 5.41) is 3.93. The Labute approximate surface area is 196 Å². The number of piperazine rings is 1. The van der Waals surface area contributed by atoms with Gasteiger partial charge in [-0.3, -0.25) is 0 Å². The summed E-state index contributed by atoms with van der Waals surface area (Å²) in [4.78, 5) is 18.2. The first-order valence-corrected chi connectivity index (χ1v) is 11.8. The number of benzene rings is 1. The van der Waals surface area contributed by atoms with Crippen LogP contribution in [0, 0.1) is 6.92 Å². The van der Waals surface area contributed by atoms with Crippen LogP contribution in [-0.2, 0) is 6.42 Å². The summed E-state index contributed by atoms with van der Waals surface area (Å²) in [6, 6.07) is 6.40. The maximum atomic E-state index is 6.23. The number of nitrogens with zero attached hydrogens (tertiary/aromatic N) is 5. The molecular weight excluding hydrogens is 444 g/mol. The van der Waals surface area contributed by atoms with Gasteiger partial charge in [0, 0.05) is 32.2 Å². The number of anilines is 3. The molecule has 0 atom stereocenters.